The zero-order chi connectivity index (χ0) is 10.7. The van der Waals surface area contributed by atoms with Gasteiger partial charge in [0.05, 0.1) is 5.69 Å². The molecule has 0 aliphatic carbocycles. The smallest absolute Gasteiger partial charge is 0.151 e. The number of hydrogen-bond acceptors (Lipinski definition) is 3. The van der Waals surface area contributed by atoms with Crippen molar-refractivity contribution in [1.29, 1.82) is 0 Å². The van der Waals surface area contributed by atoms with E-state index in [9.17, 15) is 0 Å². The Balaban J connectivity index is 2.19. The Labute approximate surface area is 91.3 Å². The van der Waals surface area contributed by atoms with Gasteiger partial charge in [-0.1, -0.05) is 12.8 Å². The van der Waals surface area contributed by atoms with Gasteiger partial charge >= 0.3 is 0 Å². The summed E-state index contributed by atoms with van der Waals surface area (Å²) >= 11 is 0. The molecule has 3 heteroatoms. The van der Waals surface area contributed by atoms with Crippen LogP contribution in [0.15, 0.2) is 12.3 Å². The summed E-state index contributed by atoms with van der Waals surface area (Å²) in [5.74, 6) is 0.975. The molecule has 1 fully saturated rings. The fraction of sp³-hybridized carbons (Fsp3) is 0.583. The van der Waals surface area contributed by atoms with Crippen LogP contribution in [-0.2, 0) is 0 Å². The van der Waals surface area contributed by atoms with Gasteiger partial charge in [-0.25, -0.2) is 4.98 Å². The van der Waals surface area contributed by atoms with Crippen LogP contribution < -0.4 is 10.6 Å². The second-order valence-electron chi connectivity index (χ2n) is 4.33. The van der Waals surface area contributed by atoms with Crippen LogP contribution in [-0.4, -0.2) is 18.1 Å². The van der Waals surface area contributed by atoms with Gasteiger partial charge in [-0.05, 0) is 31.4 Å². The molecule has 1 aliphatic heterocycles. The Kier molecular flexibility index (Phi) is 3.09. The first kappa shape index (κ1) is 10.3. The number of nitrogen functional groups attached to an aromatic ring is 1. The summed E-state index contributed by atoms with van der Waals surface area (Å²) in [5, 5.41) is 0. The first-order chi connectivity index (χ1) is 7.27. The minimum absolute atomic E-state index is 0.817. The highest BCUT2D eigenvalue weighted by molar-refractivity contribution is 5.63. The number of aromatic nitrogens is 1. The number of nitrogens with zero attached hydrogens (tertiary/aromatic N) is 2. The number of aryl methyl sites for hydroxylation is 1. The molecule has 1 aromatic heterocycles. The quantitative estimate of drug-likeness (QED) is 0.765. The summed E-state index contributed by atoms with van der Waals surface area (Å²) < 4.78 is 0. The summed E-state index contributed by atoms with van der Waals surface area (Å²) in [5.41, 5.74) is 7.95. The lowest BCUT2D eigenvalue weighted by atomic mass is 10.2. The standard InChI is InChI=1S/C12H19N3/c1-10-8-11(13)12(14-9-10)15-6-4-2-3-5-7-15/h8-9H,2-7,13H2,1H3. The minimum Gasteiger partial charge on any atom is -0.396 e. The van der Waals surface area contributed by atoms with Gasteiger partial charge in [0.15, 0.2) is 5.82 Å². The van der Waals surface area contributed by atoms with Crippen molar-refractivity contribution >= 4 is 11.5 Å². The van der Waals surface area contributed by atoms with Gasteiger partial charge in [-0.2, -0.15) is 0 Å². The van der Waals surface area contributed by atoms with E-state index < -0.39 is 0 Å². The van der Waals surface area contributed by atoms with Crippen molar-refractivity contribution < 1.29 is 0 Å². The average Bonchev–Trinajstić information content (AvgIpc) is 2.46. The predicted octanol–water partition coefficient (Wildman–Crippen LogP) is 2.35. The molecule has 2 heterocycles. The molecular weight excluding hydrogens is 186 g/mol. The third-order valence-electron chi connectivity index (χ3n) is 2.94. The Bertz CT molecular complexity index is 328. The molecule has 1 aromatic rings. The normalized spacial score (nSPS) is 17.5. The van der Waals surface area contributed by atoms with Gasteiger partial charge in [-0.3, -0.25) is 0 Å². The largest absolute Gasteiger partial charge is 0.396 e. The van der Waals surface area contributed by atoms with Gasteiger partial charge in [0.2, 0.25) is 0 Å². The highest BCUT2D eigenvalue weighted by Crippen LogP contribution is 2.23. The summed E-state index contributed by atoms with van der Waals surface area (Å²) in [7, 11) is 0. The molecule has 3 nitrogen and oxygen atoms in total. The van der Waals surface area contributed by atoms with Crippen LogP contribution in [0.2, 0.25) is 0 Å². The molecule has 1 saturated heterocycles. The first-order valence-electron chi connectivity index (χ1n) is 5.74. The van der Waals surface area contributed by atoms with Crippen LogP contribution in [0.4, 0.5) is 11.5 Å². The van der Waals surface area contributed by atoms with E-state index in [1.807, 2.05) is 19.2 Å². The summed E-state index contributed by atoms with van der Waals surface area (Å²) in [4.78, 5) is 6.77. The van der Waals surface area contributed by atoms with Crippen molar-refractivity contribution in [3.8, 4) is 0 Å². The molecule has 0 bridgehead atoms. The van der Waals surface area contributed by atoms with Gasteiger partial charge in [0, 0.05) is 19.3 Å². The van der Waals surface area contributed by atoms with Gasteiger partial charge in [0.25, 0.3) is 0 Å². The summed E-state index contributed by atoms with van der Waals surface area (Å²) in [6.45, 7) is 4.22. The van der Waals surface area contributed by atoms with Crippen molar-refractivity contribution in [3.05, 3.63) is 17.8 Å². The molecule has 0 aromatic carbocycles. The van der Waals surface area contributed by atoms with E-state index in [0.29, 0.717) is 0 Å². The maximum absolute atomic E-state index is 6.00. The second kappa shape index (κ2) is 4.51. The second-order valence-corrected chi connectivity index (χ2v) is 4.33. The van der Waals surface area contributed by atoms with Crippen LogP contribution in [0.5, 0.6) is 0 Å². The molecule has 0 radical (unpaired) electrons. The van der Waals surface area contributed by atoms with E-state index in [1.54, 1.807) is 0 Å². The monoisotopic (exact) mass is 205 g/mol. The number of anilines is 2. The van der Waals surface area contributed by atoms with Gasteiger partial charge in [0.1, 0.15) is 0 Å². The third-order valence-corrected chi connectivity index (χ3v) is 2.94. The topological polar surface area (TPSA) is 42.2 Å². The van der Waals surface area contributed by atoms with E-state index in [1.165, 1.54) is 25.7 Å². The summed E-state index contributed by atoms with van der Waals surface area (Å²) in [6.07, 6.45) is 7.09. The Morgan fingerprint density at radius 2 is 1.87 bits per heavy atom. The molecule has 15 heavy (non-hydrogen) atoms. The van der Waals surface area contributed by atoms with Crippen molar-refractivity contribution in [2.24, 2.45) is 0 Å². The van der Waals surface area contributed by atoms with Crippen LogP contribution >= 0.6 is 0 Å². The van der Waals surface area contributed by atoms with Crippen molar-refractivity contribution in [2.75, 3.05) is 23.7 Å². The lowest BCUT2D eigenvalue weighted by Gasteiger charge is -2.22. The number of pyridine rings is 1. The van der Waals surface area contributed by atoms with Crippen molar-refractivity contribution in [2.45, 2.75) is 32.6 Å². The number of hydrogen-bond donors (Lipinski definition) is 1. The molecule has 2 N–H and O–H groups in total. The Hall–Kier alpha value is -1.25. The number of rotatable bonds is 1. The average molecular weight is 205 g/mol. The van der Waals surface area contributed by atoms with E-state index >= 15 is 0 Å². The van der Waals surface area contributed by atoms with Gasteiger partial charge in [-0.15, -0.1) is 0 Å². The molecule has 0 saturated carbocycles. The molecule has 0 unspecified atom stereocenters. The van der Waals surface area contributed by atoms with Crippen molar-refractivity contribution in [1.82, 2.24) is 4.98 Å². The zero-order valence-electron chi connectivity index (χ0n) is 9.37. The molecule has 1 aliphatic rings. The Morgan fingerprint density at radius 3 is 2.47 bits per heavy atom. The molecule has 0 atom stereocenters. The van der Waals surface area contributed by atoms with Crippen molar-refractivity contribution in [3.63, 3.8) is 0 Å². The minimum atomic E-state index is 0.817. The van der Waals surface area contributed by atoms with E-state index in [4.69, 9.17) is 5.73 Å². The van der Waals surface area contributed by atoms with E-state index in [0.717, 1.165) is 30.2 Å². The maximum Gasteiger partial charge on any atom is 0.151 e. The maximum atomic E-state index is 6.00. The molecule has 0 spiro atoms. The van der Waals surface area contributed by atoms with Crippen LogP contribution in [0.25, 0.3) is 0 Å². The molecule has 0 amide bonds. The highest BCUT2D eigenvalue weighted by Gasteiger charge is 2.13. The fourth-order valence-corrected chi connectivity index (χ4v) is 2.13. The lowest BCUT2D eigenvalue weighted by Crippen LogP contribution is -2.25. The molecule has 2 rings (SSSR count). The predicted molar refractivity (Wildman–Crippen MR) is 64.1 cm³/mol. The van der Waals surface area contributed by atoms with Gasteiger partial charge < -0.3 is 10.6 Å². The fourth-order valence-electron chi connectivity index (χ4n) is 2.13. The number of nitrogens with two attached hydrogens (primary N) is 1. The van der Waals surface area contributed by atoms with Crippen LogP contribution in [0.3, 0.4) is 0 Å². The highest BCUT2D eigenvalue weighted by atomic mass is 15.2. The van der Waals surface area contributed by atoms with Crippen LogP contribution in [0, 0.1) is 6.92 Å². The van der Waals surface area contributed by atoms with E-state index in [2.05, 4.69) is 9.88 Å². The SMILES string of the molecule is Cc1cnc(N2CCCCCC2)c(N)c1. The molecular formula is C12H19N3. The summed E-state index contributed by atoms with van der Waals surface area (Å²) in [6, 6.07) is 2.01. The Morgan fingerprint density at radius 1 is 1.20 bits per heavy atom. The molecule has 82 valence electrons. The third kappa shape index (κ3) is 2.41. The lowest BCUT2D eigenvalue weighted by molar-refractivity contribution is 0.726. The zero-order valence-corrected chi connectivity index (χ0v) is 9.37. The van der Waals surface area contributed by atoms with Crippen LogP contribution in [0.1, 0.15) is 31.2 Å². The van der Waals surface area contributed by atoms with E-state index in [-0.39, 0.29) is 0 Å². The first-order valence-corrected chi connectivity index (χ1v) is 5.74.